The molecule has 1 aromatic carbocycles. The molecule has 3 heterocycles. The molecule has 144 valence electrons. The Balaban J connectivity index is 1.41. The summed E-state index contributed by atoms with van der Waals surface area (Å²) >= 11 is 0. The standard InChI is InChI=1S/C19H23N3O4S/c23-18(20-15-7-9-27(25,26)12-15)14-5-3-8-22(11-14)19(24)17-10-13-4-1-2-6-16(13)21-17/h1-2,4,6,10,14-15,21H,3,5,7-9,11-12H2,(H,20,23)/t14-,15+/m1/s1. The average Bonchev–Trinajstić information content (AvgIpc) is 3.24. The molecule has 8 heteroatoms. The van der Waals surface area contributed by atoms with E-state index < -0.39 is 9.84 Å². The van der Waals surface area contributed by atoms with E-state index in [2.05, 4.69) is 10.3 Å². The van der Waals surface area contributed by atoms with Crippen molar-refractivity contribution in [1.82, 2.24) is 15.2 Å². The maximum absolute atomic E-state index is 12.9. The minimum Gasteiger partial charge on any atom is -0.352 e. The summed E-state index contributed by atoms with van der Waals surface area (Å²) in [6.07, 6.45) is 1.94. The molecule has 1 aromatic heterocycles. The first-order valence-electron chi connectivity index (χ1n) is 9.29. The van der Waals surface area contributed by atoms with Gasteiger partial charge in [0.1, 0.15) is 5.69 Å². The van der Waals surface area contributed by atoms with Crippen LogP contribution in [0, 0.1) is 5.92 Å². The van der Waals surface area contributed by atoms with E-state index in [1.165, 1.54) is 0 Å². The number of piperidine rings is 1. The topological polar surface area (TPSA) is 99.3 Å². The number of rotatable bonds is 3. The summed E-state index contributed by atoms with van der Waals surface area (Å²) in [5.41, 5.74) is 1.44. The maximum atomic E-state index is 12.9. The Hall–Kier alpha value is -2.35. The minimum atomic E-state index is -3.03. The molecular formula is C19H23N3O4S. The van der Waals surface area contributed by atoms with E-state index in [-0.39, 0.29) is 35.3 Å². The quantitative estimate of drug-likeness (QED) is 0.827. The van der Waals surface area contributed by atoms with Gasteiger partial charge in [-0.25, -0.2) is 8.42 Å². The third-order valence-electron chi connectivity index (χ3n) is 5.42. The number of aromatic amines is 1. The molecule has 0 saturated carbocycles. The first-order chi connectivity index (χ1) is 12.9. The van der Waals surface area contributed by atoms with Crippen LogP contribution in [0.2, 0.25) is 0 Å². The van der Waals surface area contributed by atoms with E-state index >= 15 is 0 Å². The number of hydrogen-bond acceptors (Lipinski definition) is 4. The summed E-state index contributed by atoms with van der Waals surface area (Å²) in [6.45, 7) is 0.981. The molecule has 0 unspecified atom stereocenters. The molecule has 2 aromatic rings. The monoisotopic (exact) mass is 389 g/mol. The van der Waals surface area contributed by atoms with Gasteiger partial charge in [-0.05, 0) is 31.4 Å². The zero-order chi connectivity index (χ0) is 19.0. The fraction of sp³-hybridized carbons (Fsp3) is 0.474. The minimum absolute atomic E-state index is 0.0170. The van der Waals surface area contributed by atoms with Gasteiger partial charge in [0.2, 0.25) is 5.91 Å². The Bertz CT molecular complexity index is 949. The lowest BCUT2D eigenvalue weighted by molar-refractivity contribution is -0.126. The summed E-state index contributed by atoms with van der Waals surface area (Å²) < 4.78 is 23.1. The second kappa shape index (κ2) is 6.99. The van der Waals surface area contributed by atoms with Crippen LogP contribution >= 0.6 is 0 Å². The highest BCUT2D eigenvalue weighted by molar-refractivity contribution is 7.91. The molecule has 2 N–H and O–H groups in total. The van der Waals surface area contributed by atoms with Crippen LogP contribution in [0.3, 0.4) is 0 Å². The van der Waals surface area contributed by atoms with Crippen LogP contribution in [0.15, 0.2) is 30.3 Å². The van der Waals surface area contributed by atoms with Gasteiger partial charge in [0.05, 0.1) is 17.4 Å². The lowest BCUT2D eigenvalue weighted by Crippen LogP contribution is -2.47. The van der Waals surface area contributed by atoms with E-state index in [0.29, 0.717) is 31.6 Å². The van der Waals surface area contributed by atoms with Crippen LogP contribution in [0.4, 0.5) is 0 Å². The van der Waals surface area contributed by atoms with Gasteiger partial charge in [-0.2, -0.15) is 0 Å². The van der Waals surface area contributed by atoms with Gasteiger partial charge in [-0.3, -0.25) is 9.59 Å². The Morgan fingerprint density at radius 1 is 1.19 bits per heavy atom. The van der Waals surface area contributed by atoms with Crippen LogP contribution in [0.5, 0.6) is 0 Å². The van der Waals surface area contributed by atoms with E-state index in [1.54, 1.807) is 4.90 Å². The molecular weight excluding hydrogens is 366 g/mol. The number of carbonyl (C=O) groups is 2. The van der Waals surface area contributed by atoms with Gasteiger partial charge in [0.25, 0.3) is 5.91 Å². The van der Waals surface area contributed by atoms with Crippen LogP contribution in [-0.2, 0) is 14.6 Å². The molecule has 0 radical (unpaired) electrons. The second-order valence-electron chi connectivity index (χ2n) is 7.47. The average molecular weight is 389 g/mol. The largest absolute Gasteiger partial charge is 0.352 e. The number of amides is 2. The third-order valence-corrected chi connectivity index (χ3v) is 7.19. The zero-order valence-corrected chi connectivity index (χ0v) is 15.8. The van der Waals surface area contributed by atoms with Crippen molar-refractivity contribution < 1.29 is 18.0 Å². The van der Waals surface area contributed by atoms with E-state index in [0.717, 1.165) is 17.3 Å². The molecule has 7 nitrogen and oxygen atoms in total. The van der Waals surface area contributed by atoms with Crippen molar-refractivity contribution in [3.05, 3.63) is 36.0 Å². The smallest absolute Gasteiger partial charge is 0.270 e. The number of fused-ring (bicyclic) bond motifs is 1. The number of likely N-dealkylation sites (tertiary alicyclic amines) is 1. The van der Waals surface area contributed by atoms with Crippen LogP contribution in [0.25, 0.3) is 10.9 Å². The van der Waals surface area contributed by atoms with Crippen LogP contribution in [0.1, 0.15) is 29.8 Å². The van der Waals surface area contributed by atoms with Gasteiger partial charge < -0.3 is 15.2 Å². The fourth-order valence-corrected chi connectivity index (χ4v) is 5.64. The summed E-state index contributed by atoms with van der Waals surface area (Å²) in [7, 11) is -3.03. The van der Waals surface area contributed by atoms with Crippen molar-refractivity contribution in [2.45, 2.75) is 25.3 Å². The number of nitrogens with zero attached hydrogens (tertiary/aromatic N) is 1. The summed E-state index contributed by atoms with van der Waals surface area (Å²) in [5, 5.41) is 3.84. The lowest BCUT2D eigenvalue weighted by atomic mass is 9.96. The summed E-state index contributed by atoms with van der Waals surface area (Å²) in [5.74, 6) is -0.398. The van der Waals surface area contributed by atoms with Crippen LogP contribution < -0.4 is 5.32 Å². The molecule has 2 fully saturated rings. The molecule has 0 spiro atoms. The molecule has 2 aliphatic rings. The number of hydrogen-bond donors (Lipinski definition) is 2. The zero-order valence-electron chi connectivity index (χ0n) is 15.0. The van der Waals surface area contributed by atoms with Crippen molar-refractivity contribution in [1.29, 1.82) is 0 Å². The first kappa shape index (κ1) is 18.0. The molecule has 2 atom stereocenters. The van der Waals surface area contributed by atoms with Gasteiger partial charge >= 0.3 is 0 Å². The Kier molecular flexibility index (Phi) is 4.67. The molecule has 0 bridgehead atoms. The summed E-state index contributed by atoms with van der Waals surface area (Å²) in [4.78, 5) is 30.3. The molecule has 0 aliphatic carbocycles. The van der Waals surface area contributed by atoms with Crippen molar-refractivity contribution in [3.63, 3.8) is 0 Å². The predicted molar refractivity (Wildman–Crippen MR) is 102 cm³/mol. The second-order valence-corrected chi connectivity index (χ2v) is 9.70. The number of nitrogens with one attached hydrogen (secondary N) is 2. The fourth-order valence-electron chi connectivity index (χ4n) is 3.96. The van der Waals surface area contributed by atoms with Crippen molar-refractivity contribution in [2.24, 2.45) is 5.92 Å². The molecule has 2 saturated heterocycles. The maximum Gasteiger partial charge on any atom is 0.270 e. The molecule has 2 aliphatic heterocycles. The molecule has 2 amide bonds. The van der Waals surface area contributed by atoms with Gasteiger partial charge in [-0.15, -0.1) is 0 Å². The number of aromatic nitrogens is 1. The number of sulfone groups is 1. The highest BCUT2D eigenvalue weighted by Crippen LogP contribution is 2.22. The van der Waals surface area contributed by atoms with Crippen LogP contribution in [-0.4, -0.2) is 60.8 Å². The lowest BCUT2D eigenvalue weighted by Gasteiger charge is -2.32. The predicted octanol–water partition coefficient (Wildman–Crippen LogP) is 1.32. The number of benzene rings is 1. The van der Waals surface area contributed by atoms with E-state index in [9.17, 15) is 18.0 Å². The Labute approximate surface area is 158 Å². The Morgan fingerprint density at radius 3 is 2.74 bits per heavy atom. The first-order valence-corrected chi connectivity index (χ1v) is 11.1. The highest BCUT2D eigenvalue weighted by Gasteiger charge is 2.33. The number of carbonyl (C=O) groups excluding carboxylic acids is 2. The number of H-pyrrole nitrogens is 1. The molecule has 4 rings (SSSR count). The van der Waals surface area contributed by atoms with Crippen molar-refractivity contribution >= 4 is 32.6 Å². The summed E-state index contributed by atoms with van der Waals surface area (Å²) in [6, 6.07) is 9.25. The van der Waals surface area contributed by atoms with E-state index in [1.807, 2.05) is 30.3 Å². The van der Waals surface area contributed by atoms with Gasteiger partial charge in [-0.1, -0.05) is 18.2 Å². The molecule has 27 heavy (non-hydrogen) atoms. The van der Waals surface area contributed by atoms with Gasteiger partial charge in [0.15, 0.2) is 9.84 Å². The highest BCUT2D eigenvalue weighted by atomic mass is 32.2. The SMILES string of the molecule is O=C(N[C@H]1CCS(=O)(=O)C1)[C@@H]1CCCN(C(=O)c2cc3ccccc3[nH]2)C1. The van der Waals surface area contributed by atoms with E-state index in [4.69, 9.17) is 0 Å². The van der Waals surface area contributed by atoms with Gasteiger partial charge in [0, 0.05) is 30.0 Å². The van der Waals surface area contributed by atoms with Crippen molar-refractivity contribution in [2.75, 3.05) is 24.6 Å². The van der Waals surface area contributed by atoms with Crippen molar-refractivity contribution in [3.8, 4) is 0 Å². The Morgan fingerprint density at radius 2 is 2.00 bits per heavy atom. The number of para-hydroxylation sites is 1. The third kappa shape index (κ3) is 3.85. The normalized spacial score (nSPS) is 24.8.